The van der Waals surface area contributed by atoms with Crippen molar-refractivity contribution in [2.45, 2.75) is 36.7 Å². The molecular weight excluding hydrogens is 289 g/mol. The molecule has 8 heteroatoms. The second-order valence-corrected chi connectivity index (χ2v) is 6.17. The van der Waals surface area contributed by atoms with Gasteiger partial charge < -0.3 is 5.11 Å². The molecule has 20 heavy (non-hydrogen) atoms. The van der Waals surface area contributed by atoms with Crippen LogP contribution >= 0.6 is 0 Å². The van der Waals surface area contributed by atoms with Gasteiger partial charge in [-0.25, -0.2) is 17.6 Å². The first-order valence-corrected chi connectivity index (χ1v) is 7.59. The number of rotatable bonds is 5. The zero-order valence-corrected chi connectivity index (χ0v) is 11.3. The number of benzene rings is 1. The van der Waals surface area contributed by atoms with Crippen LogP contribution < -0.4 is 4.89 Å². The van der Waals surface area contributed by atoms with Crippen molar-refractivity contribution in [1.29, 1.82) is 0 Å². The van der Waals surface area contributed by atoms with E-state index >= 15 is 0 Å². The number of nitrogens with one attached hydrogen (secondary N) is 1. The van der Waals surface area contributed by atoms with E-state index in [9.17, 15) is 17.6 Å². The van der Waals surface area contributed by atoms with Crippen molar-refractivity contribution in [2.75, 3.05) is 0 Å². The predicted octanol–water partition coefficient (Wildman–Crippen LogP) is 1.68. The Labute approximate surface area is 115 Å². The minimum atomic E-state index is -4.16. The van der Waals surface area contributed by atoms with Gasteiger partial charge in [-0.15, -0.1) is 0 Å². The number of halogens is 1. The summed E-state index contributed by atoms with van der Waals surface area (Å²) in [7, 11) is -4.16. The van der Waals surface area contributed by atoms with Crippen LogP contribution in [0.4, 0.5) is 4.39 Å². The molecule has 1 aromatic carbocycles. The predicted molar refractivity (Wildman–Crippen MR) is 67.0 cm³/mol. The van der Waals surface area contributed by atoms with Gasteiger partial charge in [0.15, 0.2) is 0 Å². The molecular formula is C12H14FNO5S. The van der Waals surface area contributed by atoms with E-state index in [1.165, 1.54) is 0 Å². The SMILES string of the molecule is O=C(O)c1ccc(S(=O)(=O)NOC2CCCC2)c(F)c1. The van der Waals surface area contributed by atoms with Crippen molar-refractivity contribution >= 4 is 16.0 Å². The van der Waals surface area contributed by atoms with Gasteiger partial charge in [0.2, 0.25) is 0 Å². The van der Waals surface area contributed by atoms with Crippen LogP contribution in [0.1, 0.15) is 36.0 Å². The normalized spacial score (nSPS) is 16.4. The molecule has 2 N–H and O–H groups in total. The Kier molecular flexibility index (Phi) is 4.36. The summed E-state index contributed by atoms with van der Waals surface area (Å²) >= 11 is 0. The van der Waals surface area contributed by atoms with Gasteiger partial charge in [-0.1, -0.05) is 17.7 Å². The van der Waals surface area contributed by atoms with Crippen molar-refractivity contribution in [3.63, 3.8) is 0 Å². The Morgan fingerprint density at radius 1 is 1.35 bits per heavy atom. The van der Waals surface area contributed by atoms with Crippen molar-refractivity contribution < 1.29 is 27.5 Å². The number of sulfonamides is 1. The second-order valence-electron chi connectivity index (χ2n) is 4.56. The fraction of sp³-hybridized carbons (Fsp3) is 0.417. The van der Waals surface area contributed by atoms with Crippen LogP contribution in [0.5, 0.6) is 0 Å². The van der Waals surface area contributed by atoms with Crippen molar-refractivity contribution in [1.82, 2.24) is 4.89 Å². The van der Waals surface area contributed by atoms with Crippen LogP contribution in [0, 0.1) is 5.82 Å². The minimum Gasteiger partial charge on any atom is -0.478 e. The van der Waals surface area contributed by atoms with E-state index in [-0.39, 0.29) is 11.7 Å². The summed E-state index contributed by atoms with van der Waals surface area (Å²) in [6, 6.07) is 2.58. The monoisotopic (exact) mass is 303 g/mol. The highest BCUT2D eigenvalue weighted by atomic mass is 32.2. The number of hydrogen-bond donors (Lipinski definition) is 2. The molecule has 1 fully saturated rings. The number of carboxylic acids is 1. The molecule has 0 atom stereocenters. The van der Waals surface area contributed by atoms with Gasteiger partial charge in [0.25, 0.3) is 10.0 Å². The molecule has 0 heterocycles. The largest absolute Gasteiger partial charge is 0.478 e. The molecule has 1 saturated carbocycles. The highest BCUT2D eigenvalue weighted by molar-refractivity contribution is 7.89. The molecule has 0 aromatic heterocycles. The molecule has 0 radical (unpaired) electrons. The number of carbonyl (C=O) groups is 1. The summed E-state index contributed by atoms with van der Waals surface area (Å²) in [6.45, 7) is 0. The first-order chi connectivity index (χ1) is 9.40. The lowest BCUT2D eigenvalue weighted by atomic mass is 10.2. The zero-order valence-electron chi connectivity index (χ0n) is 10.5. The summed E-state index contributed by atoms with van der Waals surface area (Å²) in [6.07, 6.45) is 3.24. The maximum atomic E-state index is 13.7. The third-order valence-corrected chi connectivity index (χ3v) is 4.32. The highest BCUT2D eigenvalue weighted by Gasteiger charge is 2.23. The Morgan fingerprint density at radius 3 is 2.55 bits per heavy atom. The molecule has 110 valence electrons. The van der Waals surface area contributed by atoms with Crippen molar-refractivity contribution in [2.24, 2.45) is 0 Å². The number of aromatic carboxylic acids is 1. The van der Waals surface area contributed by atoms with E-state index in [2.05, 4.69) is 0 Å². The molecule has 0 unspecified atom stereocenters. The Hall–Kier alpha value is -1.51. The summed E-state index contributed by atoms with van der Waals surface area (Å²) in [5.74, 6) is -2.46. The van der Waals surface area contributed by atoms with Gasteiger partial charge in [0.05, 0.1) is 11.7 Å². The molecule has 1 aliphatic carbocycles. The molecule has 0 amide bonds. The van der Waals surface area contributed by atoms with Crippen LogP contribution in [0.25, 0.3) is 0 Å². The first kappa shape index (κ1) is 14.9. The van der Waals surface area contributed by atoms with Crippen LogP contribution in [0.3, 0.4) is 0 Å². The summed E-state index contributed by atoms with van der Waals surface area (Å²) in [5, 5.41) is 8.69. The van der Waals surface area contributed by atoms with Gasteiger partial charge in [-0.3, -0.25) is 4.84 Å². The fourth-order valence-corrected chi connectivity index (χ4v) is 2.95. The van der Waals surface area contributed by atoms with Crippen LogP contribution in [0.2, 0.25) is 0 Å². The van der Waals surface area contributed by atoms with E-state index in [4.69, 9.17) is 9.94 Å². The van der Waals surface area contributed by atoms with Gasteiger partial charge in [-0.2, -0.15) is 0 Å². The Balaban J connectivity index is 2.14. The van der Waals surface area contributed by atoms with Gasteiger partial charge >= 0.3 is 5.97 Å². The quantitative estimate of drug-likeness (QED) is 0.807. The highest BCUT2D eigenvalue weighted by Crippen LogP contribution is 2.21. The molecule has 0 spiro atoms. The van der Waals surface area contributed by atoms with E-state index in [0.717, 1.165) is 37.8 Å². The third kappa shape index (κ3) is 3.33. The van der Waals surface area contributed by atoms with Crippen molar-refractivity contribution in [3.05, 3.63) is 29.6 Å². The van der Waals surface area contributed by atoms with E-state index in [1.54, 1.807) is 0 Å². The minimum absolute atomic E-state index is 0.203. The standard InChI is InChI=1S/C12H14FNO5S/c13-10-7-8(12(15)16)5-6-11(10)20(17,18)14-19-9-3-1-2-4-9/h5-7,9,14H,1-4H2,(H,15,16). The van der Waals surface area contributed by atoms with Crippen LogP contribution in [-0.4, -0.2) is 25.6 Å². The summed E-state index contributed by atoms with van der Waals surface area (Å²) < 4.78 is 37.4. The number of hydrogen-bond acceptors (Lipinski definition) is 4. The Morgan fingerprint density at radius 2 is 2.00 bits per heavy atom. The molecule has 0 aliphatic heterocycles. The van der Waals surface area contributed by atoms with Gasteiger partial charge in [-0.05, 0) is 31.0 Å². The number of carboxylic acid groups (broad SMARTS) is 1. The van der Waals surface area contributed by atoms with Gasteiger partial charge in [0, 0.05) is 0 Å². The second kappa shape index (κ2) is 5.86. The molecule has 2 rings (SSSR count). The average Bonchev–Trinajstić information content (AvgIpc) is 2.89. The van der Waals surface area contributed by atoms with E-state index in [1.807, 2.05) is 4.89 Å². The maximum Gasteiger partial charge on any atom is 0.335 e. The zero-order chi connectivity index (χ0) is 14.8. The van der Waals surface area contributed by atoms with E-state index < -0.39 is 26.7 Å². The third-order valence-electron chi connectivity index (χ3n) is 3.10. The van der Waals surface area contributed by atoms with Crippen LogP contribution in [0.15, 0.2) is 23.1 Å². The first-order valence-electron chi connectivity index (χ1n) is 6.10. The van der Waals surface area contributed by atoms with Crippen LogP contribution in [-0.2, 0) is 14.9 Å². The lowest BCUT2D eigenvalue weighted by Gasteiger charge is -2.12. The summed E-state index contributed by atoms with van der Waals surface area (Å²) in [5.41, 5.74) is -0.321. The lowest BCUT2D eigenvalue weighted by molar-refractivity contribution is 0.0222. The lowest BCUT2D eigenvalue weighted by Crippen LogP contribution is -2.29. The molecule has 0 bridgehead atoms. The fourth-order valence-electron chi connectivity index (χ4n) is 2.03. The Bertz CT molecular complexity index is 610. The molecule has 0 saturated heterocycles. The molecule has 1 aromatic rings. The average molecular weight is 303 g/mol. The summed E-state index contributed by atoms with van der Waals surface area (Å²) in [4.78, 5) is 16.9. The van der Waals surface area contributed by atoms with Gasteiger partial charge in [0.1, 0.15) is 10.7 Å². The smallest absolute Gasteiger partial charge is 0.335 e. The molecule has 6 nitrogen and oxygen atoms in total. The molecule has 1 aliphatic rings. The van der Waals surface area contributed by atoms with E-state index in [0.29, 0.717) is 6.07 Å². The maximum absolute atomic E-state index is 13.7. The van der Waals surface area contributed by atoms with Crippen molar-refractivity contribution in [3.8, 4) is 0 Å². The topological polar surface area (TPSA) is 92.7 Å².